The molecule has 15 heavy (non-hydrogen) atoms. The summed E-state index contributed by atoms with van der Waals surface area (Å²) >= 11 is 0. The molecule has 0 spiro atoms. The molecular formula is C10H16N2O3. The molecule has 0 aromatic heterocycles. The number of aliphatic hydroxyl groups is 1. The van der Waals surface area contributed by atoms with Crippen molar-refractivity contribution in [2.45, 2.75) is 25.4 Å². The summed E-state index contributed by atoms with van der Waals surface area (Å²) in [5.41, 5.74) is 0. The van der Waals surface area contributed by atoms with Gasteiger partial charge in [0.25, 0.3) is 0 Å². The van der Waals surface area contributed by atoms with E-state index in [0.29, 0.717) is 19.0 Å². The number of aliphatic hydroxyl groups excluding tert-OH is 1. The van der Waals surface area contributed by atoms with E-state index in [9.17, 15) is 14.7 Å². The minimum atomic E-state index is -0.418. The van der Waals surface area contributed by atoms with E-state index in [4.69, 9.17) is 0 Å². The molecule has 0 bridgehead atoms. The third-order valence-corrected chi connectivity index (χ3v) is 3.00. The van der Waals surface area contributed by atoms with Crippen LogP contribution in [0.1, 0.15) is 19.3 Å². The van der Waals surface area contributed by atoms with Crippen molar-refractivity contribution >= 4 is 11.8 Å². The zero-order valence-electron chi connectivity index (χ0n) is 8.53. The Kier molecular flexibility index (Phi) is 2.90. The van der Waals surface area contributed by atoms with Crippen LogP contribution in [0.25, 0.3) is 0 Å². The summed E-state index contributed by atoms with van der Waals surface area (Å²) < 4.78 is 0. The van der Waals surface area contributed by atoms with Crippen LogP contribution in [0.3, 0.4) is 0 Å². The second kappa shape index (κ2) is 4.18. The number of hydrogen-bond donors (Lipinski definition) is 3. The van der Waals surface area contributed by atoms with Crippen molar-refractivity contribution in [3.8, 4) is 0 Å². The molecule has 2 amide bonds. The quantitative estimate of drug-likeness (QED) is 0.560. The topological polar surface area (TPSA) is 78.4 Å². The van der Waals surface area contributed by atoms with Gasteiger partial charge >= 0.3 is 0 Å². The molecule has 2 rings (SSSR count). The van der Waals surface area contributed by atoms with Gasteiger partial charge in [-0.3, -0.25) is 9.59 Å². The van der Waals surface area contributed by atoms with Crippen molar-refractivity contribution in [1.82, 2.24) is 10.6 Å². The van der Waals surface area contributed by atoms with Crippen LogP contribution in [0, 0.1) is 11.8 Å². The smallest absolute Gasteiger partial charge is 0.225 e. The first-order chi connectivity index (χ1) is 7.16. The van der Waals surface area contributed by atoms with Crippen LogP contribution < -0.4 is 10.6 Å². The molecule has 0 aromatic carbocycles. The predicted molar refractivity (Wildman–Crippen MR) is 52.9 cm³/mol. The highest BCUT2D eigenvalue weighted by Crippen LogP contribution is 2.32. The van der Waals surface area contributed by atoms with Crippen LogP contribution in [-0.4, -0.2) is 36.1 Å². The maximum absolute atomic E-state index is 11.5. The van der Waals surface area contributed by atoms with Crippen LogP contribution in [0.2, 0.25) is 0 Å². The maximum atomic E-state index is 11.5. The lowest BCUT2D eigenvalue weighted by atomic mass is 10.1. The molecule has 1 saturated heterocycles. The fourth-order valence-corrected chi connectivity index (χ4v) is 1.79. The van der Waals surface area contributed by atoms with Crippen molar-refractivity contribution in [3.05, 3.63) is 0 Å². The Labute approximate surface area is 88.2 Å². The molecule has 84 valence electrons. The standard InChI is InChI=1S/C10H16N2O3/c13-8(6-1-2-6)5-12-10(15)7-3-9(14)11-4-7/h6-8,13H,1-5H2,(H,11,14)(H,12,15). The van der Waals surface area contributed by atoms with Crippen LogP contribution >= 0.6 is 0 Å². The van der Waals surface area contributed by atoms with Crippen molar-refractivity contribution in [2.24, 2.45) is 11.8 Å². The summed E-state index contributed by atoms with van der Waals surface area (Å²) in [6.45, 7) is 0.735. The van der Waals surface area contributed by atoms with Crippen LogP contribution in [-0.2, 0) is 9.59 Å². The minimum absolute atomic E-state index is 0.0714. The zero-order chi connectivity index (χ0) is 10.8. The molecule has 0 radical (unpaired) electrons. The molecule has 1 heterocycles. The third kappa shape index (κ3) is 2.68. The fourth-order valence-electron chi connectivity index (χ4n) is 1.79. The number of nitrogens with one attached hydrogen (secondary N) is 2. The zero-order valence-corrected chi connectivity index (χ0v) is 8.53. The first-order valence-corrected chi connectivity index (χ1v) is 5.39. The molecule has 2 aliphatic rings. The summed E-state index contributed by atoms with van der Waals surface area (Å²) in [7, 11) is 0. The van der Waals surface area contributed by atoms with E-state index in [2.05, 4.69) is 10.6 Å². The van der Waals surface area contributed by atoms with E-state index in [0.717, 1.165) is 12.8 Å². The van der Waals surface area contributed by atoms with E-state index in [-0.39, 0.29) is 24.2 Å². The first-order valence-electron chi connectivity index (χ1n) is 5.39. The third-order valence-electron chi connectivity index (χ3n) is 3.00. The van der Waals surface area contributed by atoms with Gasteiger partial charge in [-0.15, -0.1) is 0 Å². The molecular weight excluding hydrogens is 196 g/mol. The average molecular weight is 212 g/mol. The predicted octanol–water partition coefficient (Wildman–Crippen LogP) is -0.990. The molecule has 0 aromatic rings. The lowest BCUT2D eigenvalue weighted by molar-refractivity contribution is -0.126. The van der Waals surface area contributed by atoms with Gasteiger partial charge in [0, 0.05) is 19.5 Å². The lowest BCUT2D eigenvalue weighted by Gasteiger charge is -2.12. The van der Waals surface area contributed by atoms with Gasteiger partial charge in [-0.25, -0.2) is 0 Å². The molecule has 2 fully saturated rings. The maximum Gasteiger partial charge on any atom is 0.225 e. The number of carbonyl (C=O) groups is 2. The molecule has 1 saturated carbocycles. The molecule has 2 unspecified atom stereocenters. The first kappa shape index (κ1) is 10.4. The lowest BCUT2D eigenvalue weighted by Crippen LogP contribution is -2.37. The average Bonchev–Trinajstić information content (AvgIpc) is 2.97. The Hall–Kier alpha value is -1.10. The second-order valence-corrected chi connectivity index (χ2v) is 4.36. The summed E-state index contributed by atoms with van der Waals surface area (Å²) in [4.78, 5) is 22.4. The SMILES string of the molecule is O=C1CC(C(=O)NCC(O)C2CC2)CN1. The van der Waals surface area contributed by atoms with E-state index in [1.54, 1.807) is 0 Å². The number of carbonyl (C=O) groups excluding carboxylic acids is 2. The summed E-state index contributed by atoms with van der Waals surface area (Å²) in [5, 5.41) is 14.8. The van der Waals surface area contributed by atoms with Gasteiger partial charge in [0.2, 0.25) is 11.8 Å². The highest BCUT2D eigenvalue weighted by Gasteiger charge is 2.31. The van der Waals surface area contributed by atoms with Gasteiger partial charge in [0.05, 0.1) is 12.0 Å². The van der Waals surface area contributed by atoms with Crippen LogP contribution in [0.4, 0.5) is 0 Å². The second-order valence-electron chi connectivity index (χ2n) is 4.36. The molecule has 1 aliphatic carbocycles. The minimum Gasteiger partial charge on any atom is -0.391 e. The van der Waals surface area contributed by atoms with Gasteiger partial charge in [-0.05, 0) is 18.8 Å². The normalized spacial score (nSPS) is 27.3. The Morgan fingerprint density at radius 2 is 2.33 bits per heavy atom. The van der Waals surface area contributed by atoms with Gasteiger partial charge in [-0.1, -0.05) is 0 Å². The summed E-state index contributed by atoms with van der Waals surface area (Å²) in [5.74, 6) is -0.0940. The van der Waals surface area contributed by atoms with Gasteiger partial charge in [0.15, 0.2) is 0 Å². The fraction of sp³-hybridized carbons (Fsp3) is 0.800. The Morgan fingerprint density at radius 3 is 2.87 bits per heavy atom. The Balaban J connectivity index is 1.69. The van der Waals surface area contributed by atoms with E-state index in [1.807, 2.05) is 0 Å². The molecule has 3 N–H and O–H groups in total. The highest BCUT2D eigenvalue weighted by atomic mass is 16.3. The van der Waals surface area contributed by atoms with E-state index >= 15 is 0 Å². The van der Waals surface area contributed by atoms with Crippen molar-refractivity contribution in [1.29, 1.82) is 0 Å². The number of rotatable bonds is 4. The summed E-state index contributed by atoms with van der Waals surface area (Å²) in [6.07, 6.45) is 1.96. The van der Waals surface area contributed by atoms with E-state index < -0.39 is 6.10 Å². The van der Waals surface area contributed by atoms with Crippen LogP contribution in [0.15, 0.2) is 0 Å². The molecule has 2 atom stereocenters. The van der Waals surface area contributed by atoms with Gasteiger partial charge in [-0.2, -0.15) is 0 Å². The largest absolute Gasteiger partial charge is 0.391 e. The Morgan fingerprint density at radius 1 is 1.60 bits per heavy atom. The Bertz CT molecular complexity index is 276. The van der Waals surface area contributed by atoms with E-state index in [1.165, 1.54) is 0 Å². The molecule has 1 aliphatic heterocycles. The highest BCUT2D eigenvalue weighted by molar-refractivity contribution is 5.89. The van der Waals surface area contributed by atoms with Crippen molar-refractivity contribution < 1.29 is 14.7 Å². The number of amides is 2. The van der Waals surface area contributed by atoms with Crippen LogP contribution in [0.5, 0.6) is 0 Å². The number of hydrogen-bond acceptors (Lipinski definition) is 3. The molecule has 5 nitrogen and oxygen atoms in total. The van der Waals surface area contributed by atoms with Crippen molar-refractivity contribution in [3.63, 3.8) is 0 Å². The van der Waals surface area contributed by atoms with Gasteiger partial charge < -0.3 is 15.7 Å². The van der Waals surface area contributed by atoms with Crippen molar-refractivity contribution in [2.75, 3.05) is 13.1 Å². The molecule has 5 heteroatoms. The monoisotopic (exact) mass is 212 g/mol. The van der Waals surface area contributed by atoms with Gasteiger partial charge in [0.1, 0.15) is 0 Å². The summed E-state index contributed by atoms with van der Waals surface area (Å²) in [6, 6.07) is 0.